The Balaban J connectivity index is 1.49. The third-order valence-electron chi connectivity index (χ3n) is 5.84. The molecule has 1 aliphatic rings. The average molecular weight is 553 g/mol. The fourth-order valence-corrected chi connectivity index (χ4v) is 5.97. The molecule has 1 aliphatic carbocycles. The molecular formula is C23H25ClN4O6S2. The van der Waals surface area contributed by atoms with E-state index in [4.69, 9.17) is 15.8 Å². The second-order valence-electron chi connectivity index (χ2n) is 8.33. The molecule has 4 N–H and O–H groups in total. The van der Waals surface area contributed by atoms with Gasteiger partial charge in [0.15, 0.2) is 0 Å². The predicted octanol–water partition coefficient (Wildman–Crippen LogP) is 2.48. The fourth-order valence-electron chi connectivity index (χ4n) is 4.02. The van der Waals surface area contributed by atoms with E-state index in [2.05, 4.69) is 15.3 Å². The first-order valence-corrected chi connectivity index (χ1v) is 13.7. The minimum atomic E-state index is -3.97. The number of aromatic nitrogens is 2. The summed E-state index contributed by atoms with van der Waals surface area (Å²) in [5, 5.41) is 24.1. The van der Waals surface area contributed by atoms with Crippen molar-refractivity contribution >= 4 is 44.8 Å². The Hall–Kier alpha value is -2.45. The van der Waals surface area contributed by atoms with Crippen molar-refractivity contribution in [2.24, 2.45) is 0 Å². The smallest absolute Gasteiger partial charge is 0.335 e. The topological polar surface area (TPSA) is 151 Å². The van der Waals surface area contributed by atoms with Gasteiger partial charge in [-0.05, 0) is 24.5 Å². The second-order valence-corrected chi connectivity index (χ2v) is 11.5. The van der Waals surface area contributed by atoms with E-state index >= 15 is 0 Å². The van der Waals surface area contributed by atoms with Gasteiger partial charge in [-0.2, -0.15) is 13.1 Å². The number of hydrogen-bond donors (Lipinski definition) is 4. The number of rotatable bonds is 10. The molecule has 0 radical (unpaired) electrons. The van der Waals surface area contributed by atoms with Crippen molar-refractivity contribution in [3.63, 3.8) is 0 Å². The molecule has 1 aromatic carbocycles. The van der Waals surface area contributed by atoms with Gasteiger partial charge in [0, 0.05) is 31.3 Å². The predicted molar refractivity (Wildman–Crippen MR) is 135 cm³/mol. The standard InChI is InChI=1S/C23H25ClN4O6S2/c1-25-36(32,33)34-19-9-14(8-18(19)30)28-23-16(11-26-12-27-23)21(31)20-10-15(22(24)35-20)17(29)7-13-5-3-2-4-6-13/h2-6,10-12,14,17-19,25,29-30H,7-9H2,1H3,(H,26,27,28)/t14-,17+,18+,19-/m1/s1. The lowest BCUT2D eigenvalue weighted by Gasteiger charge is -2.15. The van der Waals surface area contributed by atoms with Crippen LogP contribution in [0.5, 0.6) is 0 Å². The maximum atomic E-state index is 13.3. The summed E-state index contributed by atoms with van der Waals surface area (Å²) < 4.78 is 30.7. The minimum Gasteiger partial charge on any atom is -0.390 e. The number of ketones is 1. The summed E-state index contributed by atoms with van der Waals surface area (Å²) >= 11 is 7.43. The van der Waals surface area contributed by atoms with Crippen molar-refractivity contribution in [3.05, 3.63) is 74.8 Å². The third kappa shape index (κ3) is 6.27. The number of hydrogen-bond acceptors (Lipinski definition) is 10. The lowest BCUT2D eigenvalue weighted by Crippen LogP contribution is -2.31. The largest absolute Gasteiger partial charge is 0.390 e. The zero-order chi connectivity index (χ0) is 25.9. The molecule has 0 saturated heterocycles. The molecule has 2 heterocycles. The number of anilines is 1. The molecular weight excluding hydrogens is 528 g/mol. The number of benzene rings is 1. The molecule has 36 heavy (non-hydrogen) atoms. The molecule has 1 fully saturated rings. The van der Waals surface area contributed by atoms with E-state index in [-0.39, 0.29) is 30.0 Å². The second kappa shape index (κ2) is 11.3. The monoisotopic (exact) mass is 552 g/mol. The maximum Gasteiger partial charge on any atom is 0.335 e. The average Bonchev–Trinajstić information content (AvgIpc) is 3.41. The van der Waals surface area contributed by atoms with Crippen LogP contribution >= 0.6 is 22.9 Å². The fraction of sp³-hybridized carbons (Fsp3) is 0.348. The van der Waals surface area contributed by atoms with E-state index in [1.54, 1.807) is 6.07 Å². The Kier molecular flexibility index (Phi) is 8.35. The van der Waals surface area contributed by atoms with Gasteiger partial charge in [0.05, 0.1) is 27.0 Å². The highest BCUT2D eigenvalue weighted by molar-refractivity contribution is 7.84. The van der Waals surface area contributed by atoms with Gasteiger partial charge in [0.2, 0.25) is 5.78 Å². The van der Waals surface area contributed by atoms with E-state index in [1.807, 2.05) is 35.1 Å². The molecule has 13 heteroatoms. The summed E-state index contributed by atoms with van der Waals surface area (Å²) in [4.78, 5) is 21.8. The van der Waals surface area contributed by atoms with Crippen LogP contribution in [0.3, 0.4) is 0 Å². The lowest BCUT2D eigenvalue weighted by molar-refractivity contribution is 0.0636. The summed E-state index contributed by atoms with van der Waals surface area (Å²) in [5.41, 5.74) is 1.58. The quantitative estimate of drug-likeness (QED) is 0.278. The molecule has 2 aromatic heterocycles. The van der Waals surface area contributed by atoms with Gasteiger partial charge in [-0.3, -0.25) is 8.98 Å². The van der Waals surface area contributed by atoms with E-state index in [1.165, 1.54) is 19.6 Å². The van der Waals surface area contributed by atoms with Crippen molar-refractivity contribution < 1.29 is 27.6 Å². The number of nitrogens with zero attached hydrogens (tertiary/aromatic N) is 2. The zero-order valence-electron chi connectivity index (χ0n) is 19.2. The van der Waals surface area contributed by atoms with E-state index < -0.39 is 34.7 Å². The van der Waals surface area contributed by atoms with Crippen molar-refractivity contribution in [1.29, 1.82) is 0 Å². The Morgan fingerprint density at radius 3 is 2.78 bits per heavy atom. The van der Waals surface area contributed by atoms with Crippen LogP contribution in [0.1, 0.15) is 45.3 Å². The van der Waals surface area contributed by atoms with Crippen LogP contribution in [0, 0.1) is 0 Å². The van der Waals surface area contributed by atoms with Crippen molar-refractivity contribution in [3.8, 4) is 0 Å². The van der Waals surface area contributed by atoms with Crippen LogP contribution in [0.25, 0.3) is 0 Å². The van der Waals surface area contributed by atoms with E-state index in [9.17, 15) is 23.4 Å². The van der Waals surface area contributed by atoms with Crippen LogP contribution < -0.4 is 10.0 Å². The van der Waals surface area contributed by atoms with E-state index in [0.717, 1.165) is 16.9 Å². The van der Waals surface area contributed by atoms with Gasteiger partial charge in [0.25, 0.3) is 0 Å². The number of carbonyl (C=O) groups is 1. The molecule has 4 rings (SSSR count). The number of carbonyl (C=O) groups excluding carboxylic acids is 1. The lowest BCUT2D eigenvalue weighted by atomic mass is 10.0. The van der Waals surface area contributed by atoms with Gasteiger partial charge in [-0.1, -0.05) is 41.9 Å². The van der Waals surface area contributed by atoms with Crippen LogP contribution in [-0.2, 0) is 20.9 Å². The van der Waals surface area contributed by atoms with Crippen molar-refractivity contribution in [1.82, 2.24) is 14.7 Å². The summed E-state index contributed by atoms with van der Waals surface area (Å²) in [5.74, 6) is -0.146. The van der Waals surface area contributed by atoms with Crippen LogP contribution in [0.15, 0.2) is 48.9 Å². The first-order valence-electron chi connectivity index (χ1n) is 11.1. The first kappa shape index (κ1) is 26.6. The van der Waals surface area contributed by atoms with Crippen LogP contribution in [-0.4, -0.2) is 59.7 Å². The van der Waals surface area contributed by atoms with Gasteiger partial charge < -0.3 is 15.5 Å². The molecule has 3 aromatic rings. The number of thiophene rings is 1. The highest BCUT2D eigenvalue weighted by Crippen LogP contribution is 2.35. The molecule has 192 valence electrons. The number of nitrogens with one attached hydrogen (secondary N) is 2. The maximum absolute atomic E-state index is 13.3. The van der Waals surface area contributed by atoms with E-state index in [0.29, 0.717) is 21.2 Å². The third-order valence-corrected chi connectivity index (χ3v) is 8.23. The van der Waals surface area contributed by atoms with Gasteiger partial charge >= 0.3 is 10.3 Å². The summed E-state index contributed by atoms with van der Waals surface area (Å²) in [7, 11) is -2.75. The molecule has 0 amide bonds. The molecule has 0 bridgehead atoms. The number of aliphatic hydroxyl groups excluding tert-OH is 2. The minimum absolute atomic E-state index is 0.181. The summed E-state index contributed by atoms with van der Waals surface area (Å²) in [6.07, 6.45) is 0.539. The van der Waals surface area contributed by atoms with Crippen LogP contribution in [0.4, 0.5) is 5.82 Å². The molecule has 4 atom stereocenters. The summed E-state index contributed by atoms with van der Waals surface area (Å²) in [6.45, 7) is 0. The Morgan fingerprint density at radius 2 is 2.06 bits per heavy atom. The number of aliphatic hydroxyl groups is 2. The molecule has 0 spiro atoms. The van der Waals surface area contributed by atoms with Gasteiger partial charge in [-0.25, -0.2) is 9.97 Å². The highest BCUT2D eigenvalue weighted by atomic mass is 35.5. The molecule has 10 nitrogen and oxygen atoms in total. The Labute approximate surface area is 217 Å². The molecule has 1 saturated carbocycles. The van der Waals surface area contributed by atoms with Gasteiger partial charge in [-0.15, -0.1) is 11.3 Å². The first-order chi connectivity index (χ1) is 17.2. The Bertz CT molecular complexity index is 1320. The SMILES string of the molecule is CNS(=O)(=O)O[C@@H]1C[C@H](Nc2ncncc2C(=O)c2cc([C@@H](O)Cc3ccccc3)c(Cl)s2)C[C@@H]1O. The number of halogens is 1. The summed E-state index contributed by atoms with van der Waals surface area (Å²) in [6, 6.07) is 10.6. The Morgan fingerprint density at radius 1 is 1.31 bits per heavy atom. The van der Waals surface area contributed by atoms with Crippen LogP contribution in [0.2, 0.25) is 4.34 Å². The normalized spacial score (nSPS) is 20.8. The molecule has 0 unspecified atom stereocenters. The van der Waals surface area contributed by atoms with Crippen molar-refractivity contribution in [2.45, 2.75) is 43.6 Å². The van der Waals surface area contributed by atoms with Gasteiger partial charge in [0.1, 0.15) is 18.2 Å². The van der Waals surface area contributed by atoms with Crippen molar-refractivity contribution in [2.75, 3.05) is 12.4 Å². The zero-order valence-corrected chi connectivity index (χ0v) is 21.6. The molecule has 0 aliphatic heterocycles. The highest BCUT2D eigenvalue weighted by Gasteiger charge is 2.37.